The number of amides is 1. The molecule has 0 aromatic heterocycles. The van der Waals surface area contributed by atoms with E-state index in [4.69, 9.17) is 9.47 Å². The summed E-state index contributed by atoms with van der Waals surface area (Å²) in [5.74, 6) is -0.175. The molecule has 7 atom stereocenters. The first-order valence-electron chi connectivity index (χ1n) is 30.9. The van der Waals surface area contributed by atoms with E-state index in [2.05, 4.69) is 55.6 Å². The van der Waals surface area contributed by atoms with Gasteiger partial charge in [-0.3, -0.25) is 4.79 Å². The Labute approximate surface area is 444 Å². The topological polar surface area (TPSA) is 149 Å². The molecule has 7 unspecified atom stereocenters. The SMILES string of the molecule is CCCCCCC/C=C\C/C=C\C/C=C\CCCCCCCCCCCCCCCCCCCCCCCCCCC(=O)NC(COC1OC(CO)C(O)C(O)C1O)C(O)/C=C/CCCCCCCCCC. The predicted octanol–water partition coefficient (Wildman–Crippen LogP) is 15.7. The van der Waals surface area contributed by atoms with Gasteiger partial charge >= 0.3 is 0 Å². The molecule has 9 nitrogen and oxygen atoms in total. The fraction of sp³-hybridized carbons (Fsp3) is 0.857. The highest BCUT2D eigenvalue weighted by atomic mass is 16.7. The minimum atomic E-state index is -1.56. The first-order valence-corrected chi connectivity index (χ1v) is 30.9. The number of nitrogens with one attached hydrogen (secondary N) is 1. The predicted molar refractivity (Wildman–Crippen MR) is 304 cm³/mol. The smallest absolute Gasteiger partial charge is 0.220 e. The van der Waals surface area contributed by atoms with Crippen LogP contribution in [0.25, 0.3) is 0 Å². The van der Waals surface area contributed by atoms with Crippen molar-refractivity contribution in [1.82, 2.24) is 5.32 Å². The minimum absolute atomic E-state index is 0.175. The van der Waals surface area contributed by atoms with Crippen LogP contribution in [0.2, 0.25) is 0 Å². The number of aliphatic hydroxyl groups is 5. The highest BCUT2D eigenvalue weighted by Gasteiger charge is 2.44. The molecule has 0 bridgehead atoms. The van der Waals surface area contributed by atoms with E-state index < -0.39 is 49.5 Å². The number of aliphatic hydroxyl groups excluding tert-OH is 5. The Balaban J connectivity index is 2.01. The highest BCUT2D eigenvalue weighted by Crippen LogP contribution is 2.23. The van der Waals surface area contributed by atoms with Gasteiger partial charge in [0.05, 0.1) is 25.4 Å². The van der Waals surface area contributed by atoms with Crippen molar-refractivity contribution in [3.05, 3.63) is 48.6 Å². The second-order valence-corrected chi connectivity index (χ2v) is 21.5. The molecule has 0 spiro atoms. The second-order valence-electron chi connectivity index (χ2n) is 21.5. The lowest BCUT2D eigenvalue weighted by Gasteiger charge is -2.40. The maximum Gasteiger partial charge on any atom is 0.220 e. The average molecular weight is 1020 g/mol. The molecular weight excluding hydrogens is 899 g/mol. The van der Waals surface area contributed by atoms with Gasteiger partial charge in [0, 0.05) is 6.42 Å². The summed E-state index contributed by atoms with van der Waals surface area (Å²) in [4.78, 5) is 13.0. The van der Waals surface area contributed by atoms with E-state index in [-0.39, 0.29) is 12.5 Å². The molecule has 422 valence electrons. The quantitative estimate of drug-likeness (QED) is 0.0261. The van der Waals surface area contributed by atoms with Crippen LogP contribution in [-0.4, -0.2) is 87.5 Å². The third-order valence-corrected chi connectivity index (χ3v) is 14.6. The van der Waals surface area contributed by atoms with Crippen LogP contribution in [0, 0.1) is 0 Å². The number of carbonyl (C=O) groups excluding carboxylic acids is 1. The zero-order valence-corrected chi connectivity index (χ0v) is 46.9. The molecule has 1 aliphatic rings. The Kier molecular flexibility index (Phi) is 49.8. The molecule has 0 saturated carbocycles. The molecule has 72 heavy (non-hydrogen) atoms. The van der Waals surface area contributed by atoms with Crippen molar-refractivity contribution in [3.8, 4) is 0 Å². The molecule has 6 N–H and O–H groups in total. The van der Waals surface area contributed by atoms with Gasteiger partial charge < -0.3 is 40.3 Å². The van der Waals surface area contributed by atoms with Crippen molar-refractivity contribution >= 4 is 5.91 Å². The number of allylic oxidation sites excluding steroid dienone is 7. The summed E-state index contributed by atoms with van der Waals surface area (Å²) in [6.07, 6.45) is 63.7. The molecule has 1 amide bonds. The van der Waals surface area contributed by atoms with Crippen LogP contribution < -0.4 is 5.32 Å². The normalized spacial score (nSPS) is 19.5. The fourth-order valence-corrected chi connectivity index (χ4v) is 9.75. The van der Waals surface area contributed by atoms with Gasteiger partial charge in [-0.25, -0.2) is 0 Å². The summed E-state index contributed by atoms with van der Waals surface area (Å²) < 4.78 is 11.2. The third kappa shape index (κ3) is 41.4. The second kappa shape index (κ2) is 52.6. The number of ether oxygens (including phenoxy) is 2. The summed E-state index contributed by atoms with van der Waals surface area (Å²) in [5, 5.41) is 54.3. The average Bonchev–Trinajstić information content (AvgIpc) is 3.38. The molecule has 9 heteroatoms. The molecule has 0 aliphatic carbocycles. The lowest BCUT2D eigenvalue weighted by Crippen LogP contribution is -2.60. The van der Waals surface area contributed by atoms with E-state index in [1.807, 2.05) is 6.08 Å². The van der Waals surface area contributed by atoms with E-state index in [0.29, 0.717) is 6.42 Å². The van der Waals surface area contributed by atoms with Crippen molar-refractivity contribution < 1.29 is 39.8 Å². The first-order chi connectivity index (χ1) is 35.3. The molecule has 0 aromatic carbocycles. The van der Waals surface area contributed by atoms with Gasteiger partial charge in [-0.15, -0.1) is 0 Å². The number of hydrogen-bond donors (Lipinski definition) is 6. The Morgan fingerprint density at radius 2 is 0.819 bits per heavy atom. The van der Waals surface area contributed by atoms with Crippen LogP contribution in [0.15, 0.2) is 48.6 Å². The number of rotatable bonds is 53. The van der Waals surface area contributed by atoms with E-state index >= 15 is 0 Å². The molecular formula is C63H117NO8. The Bertz CT molecular complexity index is 1270. The fourth-order valence-electron chi connectivity index (χ4n) is 9.75. The number of unbranched alkanes of at least 4 members (excludes halogenated alkanes) is 37. The molecule has 1 rings (SSSR count). The van der Waals surface area contributed by atoms with Gasteiger partial charge in [0.1, 0.15) is 24.4 Å². The van der Waals surface area contributed by atoms with Crippen LogP contribution in [0.4, 0.5) is 0 Å². The van der Waals surface area contributed by atoms with Gasteiger partial charge in [-0.05, 0) is 57.8 Å². The summed E-state index contributed by atoms with van der Waals surface area (Å²) in [6, 6.07) is -0.801. The third-order valence-electron chi connectivity index (χ3n) is 14.6. The molecule has 1 fully saturated rings. The Hall–Kier alpha value is -1.85. The van der Waals surface area contributed by atoms with E-state index in [1.165, 1.54) is 218 Å². The van der Waals surface area contributed by atoms with Crippen LogP contribution in [0.5, 0.6) is 0 Å². The molecule has 0 radical (unpaired) electrons. The summed E-state index contributed by atoms with van der Waals surface area (Å²) in [5.41, 5.74) is 0. The summed E-state index contributed by atoms with van der Waals surface area (Å²) >= 11 is 0. The summed E-state index contributed by atoms with van der Waals surface area (Å²) in [6.45, 7) is 3.75. The van der Waals surface area contributed by atoms with Crippen LogP contribution in [0.1, 0.15) is 290 Å². The minimum Gasteiger partial charge on any atom is -0.394 e. The molecule has 1 saturated heterocycles. The van der Waals surface area contributed by atoms with Gasteiger partial charge in [-0.2, -0.15) is 0 Å². The highest BCUT2D eigenvalue weighted by molar-refractivity contribution is 5.76. The van der Waals surface area contributed by atoms with Gasteiger partial charge in [-0.1, -0.05) is 274 Å². The van der Waals surface area contributed by atoms with Crippen molar-refractivity contribution in [2.75, 3.05) is 13.2 Å². The van der Waals surface area contributed by atoms with Crippen molar-refractivity contribution in [2.45, 2.75) is 333 Å². The monoisotopic (exact) mass is 1020 g/mol. The number of carbonyl (C=O) groups is 1. The van der Waals surface area contributed by atoms with Crippen LogP contribution >= 0.6 is 0 Å². The maximum absolute atomic E-state index is 13.0. The summed E-state index contributed by atoms with van der Waals surface area (Å²) in [7, 11) is 0. The van der Waals surface area contributed by atoms with Gasteiger partial charge in [0.2, 0.25) is 5.91 Å². The lowest BCUT2D eigenvalue weighted by atomic mass is 9.99. The zero-order chi connectivity index (χ0) is 52.2. The largest absolute Gasteiger partial charge is 0.394 e. The molecule has 0 aromatic rings. The standard InChI is InChI=1S/C63H117NO8/c1-3-5-7-9-11-13-15-16-17-18-19-20-21-22-23-24-25-26-27-28-29-30-31-32-33-34-35-36-37-38-39-40-41-42-43-45-47-49-51-53-59(67)64-56(55-71-63-62(70)61(69)60(68)58(54-65)72-63)57(66)52-50-48-46-44-14-12-10-8-6-4-2/h15-16,18-19,21-22,50,52,56-58,60-63,65-66,68-70H,3-14,17,20,23-49,51,53-55H2,1-2H3,(H,64,67)/b16-15-,19-18-,22-21-,52-50+. The molecule has 1 heterocycles. The van der Waals surface area contributed by atoms with Crippen LogP contribution in [-0.2, 0) is 14.3 Å². The zero-order valence-electron chi connectivity index (χ0n) is 46.9. The van der Waals surface area contributed by atoms with Gasteiger partial charge in [0.25, 0.3) is 0 Å². The lowest BCUT2D eigenvalue weighted by molar-refractivity contribution is -0.302. The Morgan fingerprint density at radius 3 is 1.21 bits per heavy atom. The molecule has 1 aliphatic heterocycles. The van der Waals surface area contributed by atoms with E-state index in [9.17, 15) is 30.3 Å². The first kappa shape index (κ1) is 68.2. The number of hydrogen-bond acceptors (Lipinski definition) is 8. The van der Waals surface area contributed by atoms with Crippen molar-refractivity contribution in [3.63, 3.8) is 0 Å². The maximum atomic E-state index is 13.0. The van der Waals surface area contributed by atoms with Crippen LogP contribution in [0.3, 0.4) is 0 Å². The van der Waals surface area contributed by atoms with Crippen molar-refractivity contribution in [2.24, 2.45) is 0 Å². The van der Waals surface area contributed by atoms with Gasteiger partial charge in [0.15, 0.2) is 6.29 Å². The van der Waals surface area contributed by atoms with E-state index in [1.54, 1.807) is 6.08 Å². The Morgan fingerprint density at radius 1 is 0.472 bits per heavy atom. The van der Waals surface area contributed by atoms with E-state index in [0.717, 1.165) is 51.4 Å². The van der Waals surface area contributed by atoms with Crippen molar-refractivity contribution in [1.29, 1.82) is 0 Å².